The minimum Gasteiger partial charge on any atom is -0.462 e. The number of ketones is 1. The van der Waals surface area contributed by atoms with Crippen molar-refractivity contribution in [2.24, 2.45) is 56.7 Å². The molecule has 8 atom stereocenters. The number of rotatable bonds is 5. The van der Waals surface area contributed by atoms with Gasteiger partial charge in [-0.25, -0.2) is 0 Å². The zero-order valence-electron chi connectivity index (χ0n) is 28.9. The number of carbonyl (C=O) groups is 3. The number of fused-ring (bicyclic) bond motifs is 7. The van der Waals surface area contributed by atoms with Gasteiger partial charge in [-0.1, -0.05) is 48.5 Å². The summed E-state index contributed by atoms with van der Waals surface area (Å²) in [5.41, 5.74) is 1.62. The van der Waals surface area contributed by atoms with Crippen LogP contribution in [0.4, 0.5) is 0 Å². The summed E-state index contributed by atoms with van der Waals surface area (Å²) >= 11 is 0. The lowest BCUT2D eigenvalue weighted by Crippen LogP contribution is -2.66. The Morgan fingerprint density at radius 1 is 0.860 bits per heavy atom. The maximum absolute atomic E-state index is 14.5. The van der Waals surface area contributed by atoms with Gasteiger partial charge in [-0.15, -0.1) is 0 Å². The number of amides is 1. The Bertz CT molecular complexity index is 1260. The van der Waals surface area contributed by atoms with Crippen LogP contribution in [-0.2, 0) is 19.1 Å². The first kappa shape index (κ1) is 31.3. The van der Waals surface area contributed by atoms with Crippen LogP contribution in [0.2, 0.25) is 0 Å². The van der Waals surface area contributed by atoms with E-state index in [1.54, 1.807) is 6.92 Å². The molecule has 0 saturated heterocycles. The largest absolute Gasteiger partial charge is 0.462 e. The van der Waals surface area contributed by atoms with Gasteiger partial charge in [-0.2, -0.15) is 0 Å². The Balaban J connectivity index is 1.38. The number of carbonyl (C=O) groups excluding carboxylic acids is 3. The predicted octanol–water partition coefficient (Wildman–Crippen LogP) is 8.20. The molecular formula is C38H59NO4. The lowest BCUT2D eigenvalue weighted by Gasteiger charge is -2.72. The average Bonchev–Trinajstić information content (AvgIpc) is 3.69. The molecule has 6 aliphatic rings. The predicted molar refractivity (Wildman–Crippen MR) is 170 cm³/mol. The number of esters is 1. The van der Waals surface area contributed by atoms with Crippen LogP contribution in [0, 0.1) is 56.7 Å². The molecular weight excluding hydrogens is 534 g/mol. The third-order valence-electron chi connectivity index (χ3n) is 15.1. The Morgan fingerprint density at radius 3 is 2.14 bits per heavy atom. The monoisotopic (exact) mass is 593 g/mol. The molecule has 5 fully saturated rings. The van der Waals surface area contributed by atoms with Crippen LogP contribution in [-0.4, -0.2) is 29.3 Å². The van der Waals surface area contributed by atoms with E-state index in [-0.39, 0.29) is 62.8 Å². The Morgan fingerprint density at radius 2 is 1.53 bits per heavy atom. The van der Waals surface area contributed by atoms with Crippen LogP contribution in [0.25, 0.3) is 0 Å². The fraction of sp³-hybridized carbons (Fsp3) is 0.868. The normalized spacial score (nSPS) is 43.8. The van der Waals surface area contributed by atoms with Crippen molar-refractivity contribution >= 4 is 17.7 Å². The van der Waals surface area contributed by atoms with Crippen molar-refractivity contribution in [1.29, 1.82) is 0 Å². The molecule has 0 aromatic heterocycles. The topological polar surface area (TPSA) is 72.5 Å². The van der Waals surface area contributed by atoms with Crippen LogP contribution < -0.4 is 5.32 Å². The van der Waals surface area contributed by atoms with Crippen LogP contribution >= 0.6 is 0 Å². The van der Waals surface area contributed by atoms with E-state index in [0.717, 1.165) is 56.9 Å². The van der Waals surface area contributed by atoms with Crippen molar-refractivity contribution in [2.75, 3.05) is 0 Å². The third kappa shape index (κ3) is 4.24. The first-order chi connectivity index (χ1) is 19.8. The second-order valence-electron chi connectivity index (χ2n) is 18.2. The maximum Gasteiger partial charge on any atom is 0.302 e. The number of ether oxygens (including phenoxy) is 1. The molecule has 1 amide bonds. The first-order valence-corrected chi connectivity index (χ1v) is 17.6. The smallest absolute Gasteiger partial charge is 0.302 e. The molecule has 5 nitrogen and oxygen atoms in total. The highest BCUT2D eigenvalue weighted by atomic mass is 16.5. The number of hydrogen-bond donors (Lipinski definition) is 1. The highest BCUT2D eigenvalue weighted by Gasteiger charge is 2.71. The average molecular weight is 594 g/mol. The maximum atomic E-state index is 14.5. The second kappa shape index (κ2) is 9.68. The lowest BCUT2D eigenvalue weighted by atomic mass is 9.33. The quantitative estimate of drug-likeness (QED) is 0.326. The van der Waals surface area contributed by atoms with Crippen molar-refractivity contribution in [3.05, 3.63) is 11.1 Å². The molecule has 0 heterocycles. The molecule has 6 rings (SSSR count). The molecule has 0 spiro atoms. The molecule has 5 saturated carbocycles. The summed E-state index contributed by atoms with van der Waals surface area (Å²) in [6.07, 6.45) is 11.0. The van der Waals surface area contributed by atoms with E-state index in [2.05, 4.69) is 67.6 Å². The van der Waals surface area contributed by atoms with Crippen LogP contribution in [0.15, 0.2) is 11.1 Å². The van der Waals surface area contributed by atoms with E-state index in [0.29, 0.717) is 24.2 Å². The van der Waals surface area contributed by atoms with E-state index in [9.17, 15) is 14.4 Å². The summed E-state index contributed by atoms with van der Waals surface area (Å²) in [4.78, 5) is 40.4. The van der Waals surface area contributed by atoms with Crippen molar-refractivity contribution in [2.45, 2.75) is 152 Å². The fourth-order valence-corrected chi connectivity index (χ4v) is 12.6. The fourth-order valence-electron chi connectivity index (χ4n) is 12.6. The Labute approximate surface area is 261 Å². The molecule has 0 aliphatic heterocycles. The zero-order valence-corrected chi connectivity index (χ0v) is 28.9. The van der Waals surface area contributed by atoms with E-state index in [1.165, 1.54) is 18.4 Å². The van der Waals surface area contributed by atoms with Crippen LogP contribution in [0.1, 0.15) is 140 Å². The van der Waals surface area contributed by atoms with Gasteiger partial charge in [0.2, 0.25) is 5.91 Å². The number of nitrogens with one attached hydrogen (secondary N) is 1. The molecule has 240 valence electrons. The van der Waals surface area contributed by atoms with Gasteiger partial charge in [0.1, 0.15) is 6.10 Å². The molecule has 0 aromatic carbocycles. The Kier molecular flexibility index (Phi) is 7.05. The number of Topliss-reactive ketones (excluding diaryl/α,β-unsaturated/α-hetero) is 1. The molecule has 43 heavy (non-hydrogen) atoms. The first-order valence-electron chi connectivity index (χ1n) is 17.6. The summed E-state index contributed by atoms with van der Waals surface area (Å²) < 4.78 is 5.93. The minimum absolute atomic E-state index is 0.0173. The third-order valence-corrected chi connectivity index (χ3v) is 15.1. The number of hydrogen-bond acceptors (Lipinski definition) is 4. The summed E-state index contributed by atoms with van der Waals surface area (Å²) in [6.45, 7) is 22.6. The standard InChI is InChI=1S/C38H59NO4/c1-22(2)30-26(41)21-38(32(42)39-34(6,7)24-11-12-24)20-19-36(9)25(31(30)38)13-14-28-35(8)17-16-29(43-23(3)40)33(4,5)27(35)15-18-37(28,36)10/h22,24-25,27-29H,11-21H2,1-10H3,(H,39,42)/t25-,27+,28-,29+,35+,36-,37-,38-/m1/s1. The second-order valence-corrected chi connectivity index (χ2v) is 18.2. The van der Waals surface area contributed by atoms with Crippen molar-refractivity contribution in [3.8, 4) is 0 Å². The summed E-state index contributed by atoms with van der Waals surface area (Å²) in [5.74, 6) is 2.22. The molecule has 6 aliphatic carbocycles. The van der Waals surface area contributed by atoms with Crippen LogP contribution in [0.3, 0.4) is 0 Å². The molecule has 0 bridgehead atoms. The highest BCUT2D eigenvalue weighted by molar-refractivity contribution is 6.07. The van der Waals surface area contributed by atoms with E-state index < -0.39 is 5.41 Å². The SMILES string of the molecule is CC(=O)O[C@H]1CC[C@]2(C)[C@H]3CC[C@@H]4C5=C(C(C)C)C(=O)C[C@]5(C(=O)NC(C)(C)C5CC5)CC[C@@]4(C)[C@]3(C)CC[C@H]2C1(C)C. The summed E-state index contributed by atoms with van der Waals surface area (Å²) in [5, 5.41) is 3.51. The van der Waals surface area contributed by atoms with Crippen LogP contribution in [0.5, 0.6) is 0 Å². The summed E-state index contributed by atoms with van der Waals surface area (Å²) in [6, 6.07) is 0. The van der Waals surface area contributed by atoms with Gasteiger partial charge in [0.05, 0.1) is 5.41 Å². The molecule has 0 unspecified atom stereocenters. The van der Waals surface area contributed by atoms with Crippen molar-refractivity contribution in [1.82, 2.24) is 5.32 Å². The van der Waals surface area contributed by atoms with Crippen molar-refractivity contribution in [3.63, 3.8) is 0 Å². The summed E-state index contributed by atoms with van der Waals surface area (Å²) in [7, 11) is 0. The lowest BCUT2D eigenvalue weighted by molar-refractivity contribution is -0.232. The van der Waals surface area contributed by atoms with Crippen molar-refractivity contribution < 1.29 is 19.1 Å². The molecule has 5 heteroatoms. The van der Waals surface area contributed by atoms with Gasteiger partial charge in [-0.05, 0) is 135 Å². The molecule has 0 aromatic rings. The van der Waals surface area contributed by atoms with E-state index >= 15 is 0 Å². The van der Waals surface area contributed by atoms with Gasteiger partial charge in [-0.3, -0.25) is 14.4 Å². The Hall–Kier alpha value is -1.65. The molecule has 0 radical (unpaired) electrons. The van der Waals surface area contributed by atoms with Gasteiger partial charge >= 0.3 is 5.97 Å². The highest BCUT2D eigenvalue weighted by Crippen LogP contribution is 2.76. The van der Waals surface area contributed by atoms with Gasteiger partial charge in [0, 0.05) is 24.3 Å². The minimum atomic E-state index is -0.679. The van der Waals surface area contributed by atoms with Gasteiger partial charge < -0.3 is 10.1 Å². The van der Waals surface area contributed by atoms with E-state index in [4.69, 9.17) is 4.74 Å². The van der Waals surface area contributed by atoms with Gasteiger partial charge in [0.25, 0.3) is 0 Å². The zero-order chi connectivity index (χ0) is 31.5. The number of allylic oxidation sites excluding steroid dienone is 1. The van der Waals surface area contributed by atoms with Gasteiger partial charge in [0.15, 0.2) is 5.78 Å². The van der Waals surface area contributed by atoms with E-state index in [1.807, 2.05) is 0 Å². The molecule has 1 N–H and O–H groups in total.